The SMILES string of the molecule is CC/C=C\C/C=C\C/C=C\C/C=C\C/C=C\CCCCCCCCCCCCCCCCCCCC(=O)OC(COC(=O)CCCCCCC)COP(=O)(O)OCC[N+](C)(C)C. The second-order valence-corrected chi connectivity index (χ2v) is 19.3. The molecule has 0 bridgehead atoms. The Morgan fingerprint density at radius 1 is 0.516 bits per heavy atom. The number of unbranched alkanes of at least 4 members (excludes halogenated alkanes) is 21. The number of nitrogens with zero attached hydrogens (tertiary/aromatic N) is 1. The summed E-state index contributed by atoms with van der Waals surface area (Å²) in [5.74, 6) is -0.809. The van der Waals surface area contributed by atoms with E-state index < -0.39 is 26.5 Å². The summed E-state index contributed by atoms with van der Waals surface area (Å²) in [5, 5.41) is 0. The molecule has 0 spiro atoms. The van der Waals surface area contributed by atoms with Gasteiger partial charge in [-0.3, -0.25) is 18.6 Å². The Morgan fingerprint density at radius 2 is 0.919 bits per heavy atom. The number of esters is 2. The van der Waals surface area contributed by atoms with Gasteiger partial charge in [-0.1, -0.05) is 197 Å². The number of rotatable bonds is 45. The molecule has 0 aromatic rings. The monoisotopic (exact) mass is 893 g/mol. The molecule has 0 aromatic heterocycles. The Kier molecular flexibility index (Phi) is 42.3. The predicted octanol–water partition coefficient (Wildman–Crippen LogP) is 14.8. The highest BCUT2D eigenvalue weighted by Gasteiger charge is 2.27. The summed E-state index contributed by atoms with van der Waals surface area (Å²) in [6, 6.07) is 0. The molecule has 0 aromatic carbocycles. The Bertz CT molecular complexity index is 1240. The third kappa shape index (κ3) is 47.2. The van der Waals surface area contributed by atoms with Gasteiger partial charge >= 0.3 is 19.8 Å². The van der Waals surface area contributed by atoms with Gasteiger partial charge in [0.15, 0.2) is 6.10 Å². The molecule has 0 amide bonds. The van der Waals surface area contributed by atoms with Crippen LogP contribution in [-0.2, 0) is 32.7 Å². The van der Waals surface area contributed by atoms with Crippen LogP contribution in [0.1, 0.15) is 206 Å². The average molecular weight is 893 g/mol. The number of phosphoric ester groups is 1. The molecule has 2 atom stereocenters. The van der Waals surface area contributed by atoms with Crippen LogP contribution in [0.5, 0.6) is 0 Å². The minimum atomic E-state index is -4.36. The van der Waals surface area contributed by atoms with E-state index in [2.05, 4.69) is 74.6 Å². The summed E-state index contributed by atoms with van der Waals surface area (Å²) in [6.45, 7) is 4.22. The van der Waals surface area contributed by atoms with Gasteiger partial charge < -0.3 is 18.9 Å². The summed E-state index contributed by atoms with van der Waals surface area (Å²) >= 11 is 0. The van der Waals surface area contributed by atoms with Gasteiger partial charge in [0.05, 0.1) is 27.7 Å². The predicted molar refractivity (Wildman–Crippen MR) is 261 cm³/mol. The smallest absolute Gasteiger partial charge is 0.462 e. The van der Waals surface area contributed by atoms with E-state index in [9.17, 15) is 19.0 Å². The molecular formula is C52H95NO8P+. The molecule has 0 aliphatic carbocycles. The van der Waals surface area contributed by atoms with Crippen molar-refractivity contribution in [1.29, 1.82) is 0 Å². The lowest BCUT2D eigenvalue weighted by molar-refractivity contribution is -0.870. The fourth-order valence-corrected chi connectivity index (χ4v) is 7.43. The number of quaternary nitrogens is 1. The summed E-state index contributed by atoms with van der Waals surface area (Å²) in [4.78, 5) is 35.1. The van der Waals surface area contributed by atoms with Crippen molar-refractivity contribution in [2.24, 2.45) is 0 Å². The second kappa shape index (κ2) is 43.9. The lowest BCUT2D eigenvalue weighted by atomic mass is 10.0. The van der Waals surface area contributed by atoms with Gasteiger partial charge in [-0.25, -0.2) is 4.57 Å². The maximum Gasteiger partial charge on any atom is 0.472 e. The zero-order chi connectivity index (χ0) is 45.7. The topological polar surface area (TPSA) is 108 Å². The van der Waals surface area contributed by atoms with E-state index >= 15 is 0 Å². The van der Waals surface area contributed by atoms with Gasteiger partial charge in [0, 0.05) is 12.8 Å². The van der Waals surface area contributed by atoms with Crippen molar-refractivity contribution >= 4 is 19.8 Å². The fourth-order valence-electron chi connectivity index (χ4n) is 6.69. The number of hydrogen-bond donors (Lipinski definition) is 1. The van der Waals surface area contributed by atoms with E-state index in [4.69, 9.17) is 18.5 Å². The van der Waals surface area contributed by atoms with Crippen LogP contribution in [0.2, 0.25) is 0 Å². The van der Waals surface area contributed by atoms with Crippen molar-refractivity contribution in [3.8, 4) is 0 Å². The van der Waals surface area contributed by atoms with E-state index in [1.165, 1.54) is 96.3 Å². The Hall–Kier alpha value is -2.29. The molecule has 10 heteroatoms. The van der Waals surface area contributed by atoms with E-state index in [0.717, 1.165) is 77.0 Å². The molecule has 0 aliphatic rings. The molecule has 9 nitrogen and oxygen atoms in total. The number of hydrogen-bond acceptors (Lipinski definition) is 7. The molecule has 62 heavy (non-hydrogen) atoms. The van der Waals surface area contributed by atoms with Gasteiger partial charge in [-0.05, 0) is 57.8 Å². The summed E-state index contributed by atoms with van der Waals surface area (Å²) in [7, 11) is 1.48. The first-order valence-electron chi connectivity index (χ1n) is 25.0. The zero-order valence-electron chi connectivity index (χ0n) is 40.6. The van der Waals surface area contributed by atoms with Crippen molar-refractivity contribution < 1.29 is 42.1 Å². The molecule has 0 aliphatic heterocycles. The van der Waals surface area contributed by atoms with E-state index in [-0.39, 0.29) is 32.0 Å². The lowest BCUT2D eigenvalue weighted by Gasteiger charge is -2.24. The van der Waals surface area contributed by atoms with Crippen LogP contribution in [-0.4, -0.2) is 74.9 Å². The standard InChI is InChI=1S/C52H94NO8P/c1-6-8-10-12-13-14-15-16-17-18-19-20-21-22-23-24-25-26-27-28-29-30-31-32-33-34-35-36-37-38-39-41-43-45-52(55)61-50(48-58-51(54)44-42-40-11-9-7-2)49-60-62(56,57)59-47-46-53(3,4)5/h8,10,13-14,16-17,19-20,22-23,50H,6-7,9,11-12,15,18,21,24-49H2,1-5H3/p+1/b10-8-,14-13-,17-16-,20-19-,23-22-. The van der Waals surface area contributed by atoms with E-state index in [1.54, 1.807) is 0 Å². The normalized spacial score (nSPS) is 14.0. The minimum absolute atomic E-state index is 0.0318. The van der Waals surface area contributed by atoms with Crippen LogP contribution in [0.25, 0.3) is 0 Å². The molecule has 0 fully saturated rings. The molecular weight excluding hydrogens is 798 g/mol. The first-order chi connectivity index (χ1) is 30.0. The quantitative estimate of drug-likeness (QED) is 0.0212. The van der Waals surface area contributed by atoms with Crippen molar-refractivity contribution in [1.82, 2.24) is 0 Å². The van der Waals surface area contributed by atoms with Crippen molar-refractivity contribution in [2.45, 2.75) is 213 Å². The molecule has 360 valence electrons. The number of likely N-dealkylation sites (N-methyl/N-ethyl adjacent to an activating group) is 1. The third-order valence-corrected chi connectivity index (χ3v) is 11.5. The summed E-state index contributed by atoms with van der Waals surface area (Å²) in [6.07, 6.45) is 54.9. The van der Waals surface area contributed by atoms with Crippen molar-refractivity contribution in [3.63, 3.8) is 0 Å². The van der Waals surface area contributed by atoms with Gasteiger partial charge in [0.25, 0.3) is 0 Å². The van der Waals surface area contributed by atoms with Gasteiger partial charge in [-0.15, -0.1) is 0 Å². The van der Waals surface area contributed by atoms with Gasteiger partial charge in [0.2, 0.25) is 0 Å². The molecule has 0 rings (SSSR count). The van der Waals surface area contributed by atoms with E-state index in [0.29, 0.717) is 17.4 Å². The Labute approximate surface area is 381 Å². The van der Waals surface area contributed by atoms with Crippen molar-refractivity contribution in [2.75, 3.05) is 47.5 Å². The third-order valence-electron chi connectivity index (χ3n) is 10.6. The highest BCUT2D eigenvalue weighted by Crippen LogP contribution is 2.43. The number of allylic oxidation sites excluding steroid dienone is 10. The van der Waals surface area contributed by atoms with Crippen LogP contribution in [0.15, 0.2) is 60.8 Å². The molecule has 0 saturated carbocycles. The summed E-state index contributed by atoms with van der Waals surface area (Å²) in [5.41, 5.74) is 0. The lowest BCUT2D eigenvalue weighted by Crippen LogP contribution is -2.37. The number of ether oxygens (including phenoxy) is 2. The number of phosphoric acid groups is 1. The molecule has 0 radical (unpaired) electrons. The molecule has 0 saturated heterocycles. The second-order valence-electron chi connectivity index (χ2n) is 17.8. The number of carbonyl (C=O) groups is 2. The highest BCUT2D eigenvalue weighted by molar-refractivity contribution is 7.47. The first-order valence-corrected chi connectivity index (χ1v) is 26.5. The molecule has 1 N–H and O–H groups in total. The molecule has 0 heterocycles. The first kappa shape index (κ1) is 59.7. The largest absolute Gasteiger partial charge is 0.472 e. The van der Waals surface area contributed by atoms with Crippen molar-refractivity contribution in [3.05, 3.63) is 60.8 Å². The average Bonchev–Trinajstić information content (AvgIpc) is 3.22. The van der Waals surface area contributed by atoms with Crippen LogP contribution in [0, 0.1) is 0 Å². The van der Waals surface area contributed by atoms with E-state index in [1.807, 2.05) is 21.1 Å². The molecule has 2 unspecified atom stereocenters. The maximum absolute atomic E-state index is 12.7. The summed E-state index contributed by atoms with van der Waals surface area (Å²) < 4.78 is 34.1. The highest BCUT2D eigenvalue weighted by atomic mass is 31.2. The fraction of sp³-hybridized carbons (Fsp3) is 0.769. The Morgan fingerprint density at radius 3 is 1.37 bits per heavy atom. The maximum atomic E-state index is 12.7. The Balaban J connectivity index is 3.89. The van der Waals surface area contributed by atoms with Crippen LogP contribution in [0.3, 0.4) is 0 Å². The zero-order valence-corrected chi connectivity index (χ0v) is 41.5. The van der Waals surface area contributed by atoms with Gasteiger partial charge in [-0.2, -0.15) is 0 Å². The van der Waals surface area contributed by atoms with Crippen LogP contribution in [0.4, 0.5) is 0 Å². The minimum Gasteiger partial charge on any atom is -0.462 e. The van der Waals surface area contributed by atoms with Crippen LogP contribution >= 0.6 is 7.82 Å². The number of carbonyl (C=O) groups excluding carboxylic acids is 2. The van der Waals surface area contributed by atoms with Gasteiger partial charge in [0.1, 0.15) is 19.8 Å². The van der Waals surface area contributed by atoms with Crippen LogP contribution < -0.4 is 0 Å².